The van der Waals surface area contributed by atoms with Crippen molar-refractivity contribution in [2.24, 2.45) is 0 Å². The zero-order chi connectivity index (χ0) is 17.7. The van der Waals surface area contributed by atoms with Gasteiger partial charge in [-0.1, -0.05) is 12.1 Å². The molecule has 0 aromatic heterocycles. The number of thioether (sulfide) groups is 1. The van der Waals surface area contributed by atoms with Gasteiger partial charge in [0.1, 0.15) is 5.75 Å². The average Bonchev–Trinajstić information content (AvgIpc) is 2.84. The summed E-state index contributed by atoms with van der Waals surface area (Å²) in [6.07, 6.45) is 0.572. The molecular weight excluding hydrogens is 360 g/mol. The fourth-order valence-electron chi connectivity index (χ4n) is 2.41. The lowest BCUT2D eigenvalue weighted by molar-refractivity contribution is -0.119. The number of alkyl halides is 2. The number of halogens is 2. The summed E-state index contributed by atoms with van der Waals surface area (Å²) < 4.78 is 51.6. The quantitative estimate of drug-likeness (QED) is 0.788. The third-order valence-electron chi connectivity index (χ3n) is 3.60. The summed E-state index contributed by atoms with van der Waals surface area (Å²) in [7, 11) is -2.95. The van der Waals surface area contributed by atoms with E-state index in [2.05, 4.69) is 10.1 Å². The number of amides is 1. The van der Waals surface area contributed by atoms with E-state index < -0.39 is 16.4 Å². The molecule has 1 N–H and O–H groups in total. The highest BCUT2D eigenvalue weighted by Crippen LogP contribution is 2.25. The fourth-order valence-corrected chi connectivity index (χ4v) is 5.87. The Kier molecular flexibility index (Phi) is 6.45. The summed E-state index contributed by atoms with van der Waals surface area (Å²) in [4.78, 5) is 12.0. The van der Waals surface area contributed by atoms with Crippen LogP contribution in [0.5, 0.6) is 5.75 Å². The molecule has 1 saturated heterocycles. The van der Waals surface area contributed by atoms with Crippen molar-refractivity contribution in [1.82, 2.24) is 5.32 Å². The standard InChI is InChI=1S/C15H19F2NO4S2/c1-10(11-3-2-4-12(7-11)22-15(16)17)18-14(19)8-23-13-5-6-24(20,21)9-13/h2-4,7,10,13,15H,5-6,8-9H2,1H3,(H,18,19)/t10-,13+/m0/s1. The second-order valence-corrected chi connectivity index (χ2v) is 9.09. The van der Waals surface area contributed by atoms with Gasteiger partial charge >= 0.3 is 6.61 Å². The Morgan fingerprint density at radius 2 is 2.21 bits per heavy atom. The lowest BCUT2D eigenvalue weighted by Crippen LogP contribution is -2.29. The van der Waals surface area contributed by atoms with E-state index in [1.54, 1.807) is 19.1 Å². The van der Waals surface area contributed by atoms with Gasteiger partial charge < -0.3 is 10.1 Å². The van der Waals surface area contributed by atoms with Gasteiger partial charge in [0, 0.05) is 5.25 Å². The van der Waals surface area contributed by atoms with Crippen molar-refractivity contribution in [3.63, 3.8) is 0 Å². The van der Waals surface area contributed by atoms with Gasteiger partial charge in [0.15, 0.2) is 9.84 Å². The molecule has 2 atom stereocenters. The van der Waals surface area contributed by atoms with Crippen molar-refractivity contribution in [2.45, 2.75) is 31.2 Å². The Bertz CT molecular complexity index is 682. The summed E-state index contributed by atoms with van der Waals surface area (Å²) in [5.41, 5.74) is 0.648. The van der Waals surface area contributed by atoms with Crippen LogP contribution in [0.15, 0.2) is 24.3 Å². The van der Waals surface area contributed by atoms with Gasteiger partial charge in [-0.25, -0.2) is 8.42 Å². The van der Waals surface area contributed by atoms with Crippen molar-refractivity contribution in [3.05, 3.63) is 29.8 Å². The molecular formula is C15H19F2NO4S2. The number of nitrogens with one attached hydrogen (secondary N) is 1. The van der Waals surface area contributed by atoms with Gasteiger partial charge in [-0.15, -0.1) is 11.8 Å². The Hall–Kier alpha value is -1.35. The van der Waals surface area contributed by atoms with E-state index in [-0.39, 0.29) is 40.2 Å². The molecule has 2 rings (SSSR count). The molecule has 24 heavy (non-hydrogen) atoms. The van der Waals surface area contributed by atoms with Gasteiger partial charge in [-0.2, -0.15) is 8.78 Å². The molecule has 1 aromatic carbocycles. The number of benzene rings is 1. The number of rotatable bonds is 7. The lowest BCUT2D eigenvalue weighted by atomic mass is 10.1. The second-order valence-electron chi connectivity index (χ2n) is 5.58. The normalized spacial score (nSPS) is 20.8. The number of carbonyl (C=O) groups is 1. The summed E-state index contributed by atoms with van der Waals surface area (Å²) in [6, 6.07) is 5.79. The maximum Gasteiger partial charge on any atom is 0.387 e. The zero-order valence-electron chi connectivity index (χ0n) is 13.1. The first kappa shape index (κ1) is 19.0. The Labute approximate surface area is 144 Å². The molecule has 0 spiro atoms. The number of hydrogen-bond acceptors (Lipinski definition) is 5. The van der Waals surface area contributed by atoms with Crippen LogP contribution >= 0.6 is 11.8 Å². The minimum atomic E-state index is -2.95. The molecule has 5 nitrogen and oxygen atoms in total. The SMILES string of the molecule is C[C@H](NC(=O)CS[C@@H]1CCS(=O)(=O)C1)c1cccc(OC(F)F)c1. The van der Waals surface area contributed by atoms with Gasteiger partial charge in [0.25, 0.3) is 0 Å². The van der Waals surface area contributed by atoms with Crippen molar-refractivity contribution in [2.75, 3.05) is 17.3 Å². The van der Waals surface area contributed by atoms with Crippen LogP contribution < -0.4 is 10.1 Å². The van der Waals surface area contributed by atoms with E-state index >= 15 is 0 Å². The highest BCUT2D eigenvalue weighted by atomic mass is 32.2. The third-order valence-corrected chi connectivity index (χ3v) is 6.88. The molecule has 134 valence electrons. The van der Waals surface area contributed by atoms with Crippen molar-refractivity contribution in [3.8, 4) is 5.75 Å². The highest BCUT2D eigenvalue weighted by Gasteiger charge is 2.28. The third kappa shape index (κ3) is 5.94. The molecule has 0 radical (unpaired) electrons. The van der Waals surface area contributed by atoms with Crippen molar-refractivity contribution in [1.29, 1.82) is 0 Å². The molecule has 1 fully saturated rings. The van der Waals surface area contributed by atoms with Crippen molar-refractivity contribution >= 4 is 27.5 Å². The van der Waals surface area contributed by atoms with E-state index in [9.17, 15) is 22.0 Å². The molecule has 0 aliphatic carbocycles. The second kappa shape index (κ2) is 8.15. The number of carbonyl (C=O) groups excluding carboxylic acids is 1. The molecule has 1 amide bonds. The molecule has 1 heterocycles. The first-order chi connectivity index (χ1) is 11.2. The molecule has 1 aliphatic rings. The fraction of sp³-hybridized carbons (Fsp3) is 0.533. The molecule has 1 aromatic rings. The van der Waals surface area contributed by atoms with Crippen molar-refractivity contribution < 1.29 is 26.7 Å². The number of hydrogen-bond donors (Lipinski definition) is 1. The van der Waals surface area contributed by atoms with E-state index in [0.29, 0.717) is 12.0 Å². The predicted molar refractivity (Wildman–Crippen MR) is 89.1 cm³/mol. The molecule has 0 bridgehead atoms. The van der Waals surface area contributed by atoms with Crippen LogP contribution in [0.2, 0.25) is 0 Å². The van der Waals surface area contributed by atoms with Crippen LogP contribution in [-0.4, -0.2) is 43.4 Å². The number of ether oxygens (including phenoxy) is 1. The van der Waals surface area contributed by atoms with Gasteiger partial charge in [0.05, 0.1) is 23.3 Å². The maximum atomic E-state index is 12.2. The molecule has 1 aliphatic heterocycles. The predicted octanol–water partition coefficient (Wildman–Crippen LogP) is 2.39. The first-order valence-corrected chi connectivity index (χ1v) is 10.3. The summed E-state index contributed by atoms with van der Waals surface area (Å²) >= 11 is 1.33. The maximum absolute atomic E-state index is 12.2. The molecule has 0 saturated carbocycles. The van der Waals surface area contributed by atoms with Gasteiger partial charge in [-0.05, 0) is 31.0 Å². The van der Waals surface area contributed by atoms with Crippen LogP contribution in [0.1, 0.15) is 24.9 Å². The van der Waals surface area contributed by atoms with Gasteiger partial charge in [0.2, 0.25) is 5.91 Å². The Balaban J connectivity index is 1.83. The van der Waals surface area contributed by atoms with E-state index in [4.69, 9.17) is 0 Å². The first-order valence-electron chi connectivity index (χ1n) is 7.41. The van der Waals surface area contributed by atoms with Crippen LogP contribution in [0.3, 0.4) is 0 Å². The minimum absolute atomic E-state index is 0.0362. The van der Waals surface area contributed by atoms with Gasteiger partial charge in [-0.3, -0.25) is 4.79 Å². The summed E-state index contributed by atoms with van der Waals surface area (Å²) in [5.74, 6) is 0.274. The molecule has 9 heteroatoms. The van der Waals surface area contributed by atoms with Crippen LogP contribution in [-0.2, 0) is 14.6 Å². The summed E-state index contributed by atoms with van der Waals surface area (Å²) in [5, 5.41) is 2.73. The van der Waals surface area contributed by atoms with Crippen LogP contribution in [0, 0.1) is 0 Å². The summed E-state index contributed by atoms with van der Waals surface area (Å²) in [6.45, 7) is -1.16. The van der Waals surface area contributed by atoms with E-state index in [1.807, 2.05) is 0 Å². The van der Waals surface area contributed by atoms with E-state index in [0.717, 1.165) is 0 Å². The topological polar surface area (TPSA) is 72.5 Å². The lowest BCUT2D eigenvalue weighted by Gasteiger charge is -2.16. The van der Waals surface area contributed by atoms with Crippen LogP contribution in [0.25, 0.3) is 0 Å². The van der Waals surface area contributed by atoms with E-state index in [1.165, 1.54) is 23.9 Å². The largest absolute Gasteiger partial charge is 0.435 e. The molecule has 0 unspecified atom stereocenters. The van der Waals surface area contributed by atoms with Crippen LogP contribution in [0.4, 0.5) is 8.78 Å². The monoisotopic (exact) mass is 379 g/mol. The Morgan fingerprint density at radius 1 is 1.46 bits per heavy atom. The number of sulfone groups is 1. The zero-order valence-corrected chi connectivity index (χ0v) is 14.7. The Morgan fingerprint density at radius 3 is 2.83 bits per heavy atom. The highest BCUT2D eigenvalue weighted by molar-refractivity contribution is 8.02. The minimum Gasteiger partial charge on any atom is -0.435 e. The average molecular weight is 379 g/mol. The smallest absolute Gasteiger partial charge is 0.387 e.